The second-order valence-electron chi connectivity index (χ2n) is 30.2. The number of aliphatic hydroxyl groups is 1. The van der Waals surface area contributed by atoms with Crippen molar-refractivity contribution in [3.05, 3.63) is 4.43 Å². The first kappa shape index (κ1) is 72.6. The molecule has 451 valence electrons. The minimum absolute atomic E-state index is 0. The second kappa shape index (κ2) is 27.9. The van der Waals surface area contributed by atoms with Gasteiger partial charge in [0.25, 0.3) is 5.91 Å². The zero-order valence-electron chi connectivity index (χ0n) is 50.9. The topological polar surface area (TPSA) is 232 Å². The smallest absolute Gasteiger partial charge is 0.285 e. The molecule has 1 radical (unpaired) electrons. The number of fused-ring (bicyclic) bond motifs is 2. The fourth-order valence-electron chi connectivity index (χ4n) is 13.5. The van der Waals surface area contributed by atoms with Gasteiger partial charge in [0.1, 0.15) is 17.7 Å². The Morgan fingerprint density at radius 2 is 0.949 bits per heavy atom. The number of piperidine rings is 2. The number of nitrogens with two attached hydrogens (primary N) is 2. The normalized spacial score (nSPS) is 25.6. The minimum atomic E-state index is -1.37. The first-order valence-electron chi connectivity index (χ1n) is 29.0. The van der Waals surface area contributed by atoms with Gasteiger partial charge in [-0.25, -0.2) is 0 Å². The molecule has 4 amide bonds. The number of halogens is 1. The molecule has 11 atom stereocenters. The van der Waals surface area contributed by atoms with Gasteiger partial charge in [-0.15, -0.1) is 0 Å². The van der Waals surface area contributed by atoms with E-state index in [2.05, 4.69) is 50.3 Å². The molecule has 6 rings (SSSR count). The Kier molecular flexibility index (Phi) is 25.7. The largest absolute Gasteiger partial charge is 0.383 e. The number of Topliss-reactive ketones (excluding diaryl/α,β-unsaturated/α-hetero) is 5. The van der Waals surface area contributed by atoms with E-state index in [1.54, 1.807) is 9.80 Å². The number of carbonyl (C=O) groups is 9. The standard InChI is InChI=1S/C30H50N2O5.C30H48N2O5.C2H4I.CH4.V/c2*1-28(2,3)15-19(33)14-20(29(4,5)6)27(37)32-16-21-23(30(21,7)8)24(32)22(34)13-18(25(35)26(31)36)12-17-10-9-11-17;1-2-3;;/h17-18,20-21,23-25,35H,9-16H2,1-8H3,(H2,31,36);17-18,20-21,23-24H,9-16H2,1-8H3,(H2,31,36);2H,1H3;1H4;/q;;-1;;/t18?,20-,21?,23?,24-,25?;18?,20-,21?,23?,24-;;;/m11.../s1. The second-order valence-corrected chi connectivity index (χ2v) is 31.5. The number of hydrogen-bond acceptors (Lipinski definition) is 10. The van der Waals surface area contributed by atoms with Gasteiger partial charge in [-0.1, -0.05) is 157 Å². The summed E-state index contributed by atoms with van der Waals surface area (Å²) in [6.07, 6.45) is 7.13. The van der Waals surface area contributed by atoms with Gasteiger partial charge in [0, 0.05) is 93.8 Å². The van der Waals surface area contributed by atoms with Crippen LogP contribution in [0.3, 0.4) is 0 Å². The van der Waals surface area contributed by atoms with E-state index in [-0.39, 0.29) is 132 Å². The number of nitrogens with zero attached hydrogens (tertiary/aromatic N) is 2. The first-order chi connectivity index (χ1) is 35.1. The molecule has 6 aliphatic rings. The van der Waals surface area contributed by atoms with Crippen molar-refractivity contribution < 1.29 is 66.8 Å². The summed E-state index contributed by atoms with van der Waals surface area (Å²) in [7, 11) is 0. The molecule has 16 heteroatoms. The van der Waals surface area contributed by atoms with Gasteiger partial charge in [0.15, 0.2) is 11.6 Å². The molecule has 4 aliphatic carbocycles. The molecule has 0 aromatic carbocycles. The van der Waals surface area contributed by atoms with E-state index in [0.29, 0.717) is 50.6 Å². The van der Waals surface area contributed by atoms with Crippen LogP contribution >= 0.6 is 22.6 Å². The number of amides is 4. The van der Waals surface area contributed by atoms with Gasteiger partial charge >= 0.3 is 0 Å². The fraction of sp³-hybridized carbons (Fsp3) is 0.841. The minimum Gasteiger partial charge on any atom is -0.383 e. The van der Waals surface area contributed by atoms with Crippen molar-refractivity contribution >= 4 is 75.1 Å². The zero-order valence-corrected chi connectivity index (χ0v) is 54.4. The number of aliphatic hydroxyl groups excluding tert-OH is 1. The van der Waals surface area contributed by atoms with Crippen molar-refractivity contribution in [3.8, 4) is 0 Å². The van der Waals surface area contributed by atoms with Crippen LogP contribution in [-0.4, -0.2) is 98.7 Å². The maximum atomic E-state index is 14.0. The van der Waals surface area contributed by atoms with Crippen LogP contribution in [-0.2, 0) is 61.7 Å². The van der Waals surface area contributed by atoms with Gasteiger partial charge in [0.05, 0.1) is 12.1 Å². The number of primary amides is 2. The van der Waals surface area contributed by atoms with Crippen molar-refractivity contribution in [2.24, 2.45) is 103 Å². The summed E-state index contributed by atoms with van der Waals surface area (Å²) in [6, 6.07) is -1.21. The number of ketones is 5. The van der Waals surface area contributed by atoms with Crippen molar-refractivity contribution in [2.75, 3.05) is 13.1 Å². The summed E-state index contributed by atoms with van der Waals surface area (Å²) < 4.78 is 1.97. The molecule has 6 fully saturated rings. The van der Waals surface area contributed by atoms with Gasteiger partial charge in [0.2, 0.25) is 23.5 Å². The Labute approximate surface area is 502 Å². The molecule has 0 aromatic rings. The van der Waals surface area contributed by atoms with Gasteiger partial charge in [-0.3, -0.25) is 47.6 Å². The van der Waals surface area contributed by atoms with Crippen LogP contribution in [0.5, 0.6) is 0 Å². The fourth-order valence-corrected chi connectivity index (χ4v) is 13.5. The molecular formula is C63H106IN4O10V-. The van der Waals surface area contributed by atoms with E-state index < -0.39 is 70.3 Å². The molecule has 0 bridgehead atoms. The molecule has 0 aromatic heterocycles. The summed E-state index contributed by atoms with van der Waals surface area (Å²) >= 11 is 2.16. The van der Waals surface area contributed by atoms with E-state index in [1.165, 1.54) is 0 Å². The van der Waals surface area contributed by atoms with Crippen molar-refractivity contribution in [2.45, 2.75) is 233 Å². The Balaban J connectivity index is 0.000000502. The molecule has 5 N–H and O–H groups in total. The third-order valence-electron chi connectivity index (χ3n) is 18.6. The van der Waals surface area contributed by atoms with Gasteiger partial charge < -0.3 is 49.0 Å². The SMILES string of the molecule is C.CC(C)(C)CC(=O)C[C@H](C(=O)N1CC2C([C@H]1C(=O)CC(CC1CCC1)C(=O)C(N)=O)C2(C)C)C(C)(C)C.CC(C)(C)CC(=O)C[C@H](C(=O)N1CC2C([C@H]1C(=O)CC(CC1CCC1)C(O)C(N)=O)C2(C)C)C(C)(C)C.C[CH-]I.[V]. The van der Waals surface area contributed by atoms with Crippen LogP contribution in [0.4, 0.5) is 0 Å². The third-order valence-corrected chi connectivity index (χ3v) is 18.6. The number of likely N-dealkylation sites (tertiary alicyclic amines) is 2. The average molecular weight is 1260 g/mol. The van der Waals surface area contributed by atoms with E-state index in [1.807, 2.05) is 94.4 Å². The number of carbonyl (C=O) groups excluding carboxylic acids is 9. The molecule has 4 saturated carbocycles. The summed E-state index contributed by atoms with van der Waals surface area (Å²) in [5, 5.41) is 10.5. The number of hydrogen-bond donors (Lipinski definition) is 3. The molecule has 0 spiro atoms. The quantitative estimate of drug-likeness (QED) is 0.0527. The average Bonchev–Trinajstić information content (AvgIpc) is 3.69. The molecular weight excluding hydrogens is 1150 g/mol. The van der Waals surface area contributed by atoms with Crippen LogP contribution in [0.25, 0.3) is 0 Å². The monoisotopic (exact) mass is 1260 g/mol. The maximum Gasteiger partial charge on any atom is 0.285 e. The van der Waals surface area contributed by atoms with E-state index in [4.69, 9.17) is 11.5 Å². The van der Waals surface area contributed by atoms with E-state index in [9.17, 15) is 48.3 Å². The number of rotatable bonds is 22. The molecule has 14 nitrogen and oxygen atoms in total. The van der Waals surface area contributed by atoms with Gasteiger partial charge in [-0.05, 0) is 80.8 Å². The molecule has 2 saturated heterocycles. The van der Waals surface area contributed by atoms with Crippen molar-refractivity contribution in [1.29, 1.82) is 0 Å². The van der Waals surface area contributed by atoms with Crippen LogP contribution in [0.15, 0.2) is 0 Å². The van der Waals surface area contributed by atoms with Crippen LogP contribution in [0.2, 0.25) is 0 Å². The first-order valence-corrected chi connectivity index (χ1v) is 30.2. The van der Waals surface area contributed by atoms with E-state index in [0.717, 1.165) is 38.5 Å². The predicted octanol–water partition coefficient (Wildman–Crippen LogP) is 10.7. The Morgan fingerprint density at radius 3 is 1.24 bits per heavy atom. The Morgan fingerprint density at radius 1 is 0.608 bits per heavy atom. The zero-order chi connectivity index (χ0) is 58.9. The van der Waals surface area contributed by atoms with Crippen LogP contribution < -0.4 is 11.5 Å². The molecule has 2 aliphatic heterocycles. The van der Waals surface area contributed by atoms with Crippen molar-refractivity contribution in [1.82, 2.24) is 9.80 Å². The van der Waals surface area contributed by atoms with Crippen LogP contribution in [0, 0.1) is 96.1 Å². The molecule has 7 unspecified atom stereocenters. The Hall–Kier alpha value is -2.50. The summed E-state index contributed by atoms with van der Waals surface area (Å²) in [6.45, 7) is 35.5. The molecule has 79 heavy (non-hydrogen) atoms. The molecule has 2 heterocycles. The van der Waals surface area contributed by atoms with Crippen LogP contribution in [0.1, 0.15) is 215 Å². The summed E-state index contributed by atoms with van der Waals surface area (Å²) in [5.41, 5.74) is 9.47. The van der Waals surface area contributed by atoms with Gasteiger partial charge in [-0.2, -0.15) is 6.92 Å². The van der Waals surface area contributed by atoms with E-state index >= 15 is 0 Å². The maximum absolute atomic E-state index is 14.0. The third kappa shape index (κ3) is 18.7. The Bertz CT molecular complexity index is 2190. The summed E-state index contributed by atoms with van der Waals surface area (Å²) in [5.74, 6) is -3.87. The predicted molar refractivity (Wildman–Crippen MR) is 316 cm³/mol. The summed E-state index contributed by atoms with van der Waals surface area (Å²) in [4.78, 5) is 121. The van der Waals surface area contributed by atoms with Crippen molar-refractivity contribution in [3.63, 3.8) is 0 Å².